The molecule has 0 atom stereocenters. The summed E-state index contributed by atoms with van der Waals surface area (Å²) in [6, 6.07) is 8.32. The van der Waals surface area contributed by atoms with Crippen molar-refractivity contribution < 1.29 is 9.85 Å². The number of nitrogens with one attached hydrogen (secondary N) is 1. The lowest BCUT2D eigenvalue weighted by atomic mass is 10.3. The second-order valence-electron chi connectivity index (χ2n) is 4.02. The maximum Gasteiger partial charge on any atom is 0.295 e. The van der Waals surface area contributed by atoms with E-state index < -0.39 is 9.85 Å². The molecule has 5 N–H and O–H groups in total. The van der Waals surface area contributed by atoms with Gasteiger partial charge in [0.2, 0.25) is 0 Å². The van der Waals surface area contributed by atoms with Crippen LogP contribution in [-0.2, 0) is 0 Å². The predicted molar refractivity (Wildman–Crippen MR) is 95.7 cm³/mol. The molecule has 2 aromatic carbocycles. The topological polar surface area (TPSA) is 150 Å². The number of hydrogen-bond acceptors (Lipinski definition) is 7. The molecule has 130 valence electrons. The Labute approximate surface area is 152 Å². The third-order valence-corrected chi connectivity index (χ3v) is 2.97. The van der Waals surface area contributed by atoms with Crippen LogP contribution in [0.2, 0.25) is 10.0 Å². The van der Waals surface area contributed by atoms with Crippen molar-refractivity contribution in [2.75, 3.05) is 11.2 Å². The fourth-order valence-corrected chi connectivity index (χ4v) is 1.79. The van der Waals surface area contributed by atoms with Gasteiger partial charge in [-0.25, -0.2) is 0 Å². The second kappa shape index (κ2) is 9.73. The summed E-state index contributed by atoms with van der Waals surface area (Å²) in [5, 5.41) is 21.2. The minimum atomic E-state index is -0.568. The maximum atomic E-state index is 10.4. The van der Waals surface area contributed by atoms with Crippen molar-refractivity contribution in [3.05, 3.63) is 66.7 Å². The Morgan fingerprint density at radius 3 is 1.79 bits per heavy atom. The van der Waals surface area contributed by atoms with Gasteiger partial charge in [-0.05, 0) is 24.3 Å². The first-order valence-corrected chi connectivity index (χ1v) is 6.61. The van der Waals surface area contributed by atoms with Crippen molar-refractivity contribution in [3.63, 3.8) is 0 Å². The van der Waals surface area contributed by atoms with Crippen molar-refractivity contribution in [3.8, 4) is 0 Å². The molecule has 0 unspecified atom stereocenters. The first-order chi connectivity index (χ1) is 10.8. The third kappa shape index (κ3) is 6.05. The van der Waals surface area contributed by atoms with Crippen molar-refractivity contribution in [1.29, 1.82) is 0 Å². The van der Waals surface area contributed by atoms with Gasteiger partial charge >= 0.3 is 0 Å². The van der Waals surface area contributed by atoms with Gasteiger partial charge in [0.1, 0.15) is 11.4 Å². The van der Waals surface area contributed by atoms with Crippen molar-refractivity contribution in [1.82, 2.24) is 0 Å². The first-order valence-electron chi connectivity index (χ1n) is 5.86. The summed E-state index contributed by atoms with van der Waals surface area (Å²) in [4.78, 5) is 19.5. The fourth-order valence-electron chi connectivity index (χ4n) is 1.45. The number of benzene rings is 2. The van der Waals surface area contributed by atoms with Crippen LogP contribution in [0.4, 0.5) is 22.7 Å². The van der Waals surface area contributed by atoms with Gasteiger partial charge in [0.15, 0.2) is 0 Å². The van der Waals surface area contributed by atoms with E-state index in [0.717, 1.165) is 0 Å². The summed E-state index contributed by atoms with van der Waals surface area (Å²) in [6.07, 6.45) is 0. The second-order valence-corrected chi connectivity index (χ2v) is 4.90. The highest BCUT2D eigenvalue weighted by Crippen LogP contribution is 2.26. The molecule has 0 bridgehead atoms. The van der Waals surface area contributed by atoms with E-state index in [2.05, 4.69) is 5.43 Å². The van der Waals surface area contributed by atoms with Gasteiger partial charge in [-0.1, -0.05) is 23.2 Å². The molecule has 0 saturated carbocycles. The highest BCUT2D eigenvalue weighted by atomic mass is 35.5. The third-order valence-electron chi connectivity index (χ3n) is 2.50. The monoisotopic (exact) mass is 395 g/mol. The molecule has 0 spiro atoms. The number of nitrogens with two attached hydrogens (primary N) is 2. The van der Waals surface area contributed by atoms with E-state index >= 15 is 0 Å². The van der Waals surface area contributed by atoms with E-state index in [-0.39, 0.29) is 35.2 Å². The molecule has 0 saturated heterocycles. The summed E-state index contributed by atoms with van der Waals surface area (Å²) in [6.45, 7) is 0. The molecule has 2 rings (SSSR count). The molecule has 0 aliphatic carbocycles. The van der Waals surface area contributed by atoms with E-state index in [9.17, 15) is 20.2 Å². The van der Waals surface area contributed by atoms with Crippen LogP contribution in [0.3, 0.4) is 0 Å². The Balaban J connectivity index is 0.000000425. The highest BCUT2D eigenvalue weighted by molar-refractivity contribution is 6.31. The number of rotatable bonds is 3. The van der Waals surface area contributed by atoms with Crippen LogP contribution in [-0.4, -0.2) is 9.85 Å². The molecule has 0 heterocycles. The Morgan fingerprint density at radius 1 is 0.917 bits per heavy atom. The summed E-state index contributed by atoms with van der Waals surface area (Å²) in [7, 11) is 0. The molecule has 0 aliphatic heterocycles. The Morgan fingerprint density at radius 2 is 1.38 bits per heavy atom. The van der Waals surface area contributed by atoms with E-state index in [1.54, 1.807) is 0 Å². The number of hydrazine groups is 1. The Hall–Kier alpha value is -2.33. The summed E-state index contributed by atoms with van der Waals surface area (Å²) in [5.74, 6) is 5.04. The molecule has 24 heavy (non-hydrogen) atoms. The lowest BCUT2D eigenvalue weighted by Crippen LogP contribution is -2.08. The van der Waals surface area contributed by atoms with E-state index in [0.29, 0.717) is 10.0 Å². The lowest BCUT2D eigenvalue weighted by molar-refractivity contribution is -0.384. The van der Waals surface area contributed by atoms with Crippen molar-refractivity contribution >= 4 is 58.4 Å². The standard InChI is InChI=1S/C6H6ClN3O2.C6H5ClN2O2.ClH/c7-4-1-2-5(9-8)6(3-4)10(11)12;7-4-1-2-5(8)6(3-4)9(10)11;/h1-3,9H,8H2;1-3H,8H2;1H. The van der Waals surface area contributed by atoms with E-state index in [4.69, 9.17) is 34.8 Å². The molecule has 9 nitrogen and oxygen atoms in total. The largest absolute Gasteiger partial charge is 0.393 e. The predicted octanol–water partition coefficient (Wildman–Crippen LogP) is 3.79. The average molecular weight is 397 g/mol. The zero-order valence-electron chi connectivity index (χ0n) is 11.8. The molecule has 0 aromatic heterocycles. The van der Waals surface area contributed by atoms with Gasteiger partial charge in [0, 0.05) is 22.2 Å². The zero-order valence-corrected chi connectivity index (χ0v) is 14.1. The quantitative estimate of drug-likeness (QED) is 0.309. The minimum Gasteiger partial charge on any atom is -0.393 e. The maximum absolute atomic E-state index is 10.4. The number of halogens is 3. The Kier molecular flexibility index (Phi) is 8.78. The van der Waals surface area contributed by atoms with Crippen LogP contribution in [0.5, 0.6) is 0 Å². The van der Waals surface area contributed by atoms with E-state index in [1.807, 2.05) is 0 Å². The molecule has 0 amide bonds. The number of nitro benzene ring substituents is 2. The molecule has 0 radical (unpaired) electrons. The average Bonchev–Trinajstić information content (AvgIpc) is 2.50. The van der Waals surface area contributed by atoms with Gasteiger partial charge in [-0.15, -0.1) is 12.4 Å². The number of nitrogen functional groups attached to an aromatic ring is 2. The van der Waals surface area contributed by atoms with Crippen molar-refractivity contribution in [2.45, 2.75) is 0 Å². The molecule has 2 aromatic rings. The van der Waals surface area contributed by atoms with E-state index in [1.165, 1.54) is 36.4 Å². The van der Waals surface area contributed by atoms with Crippen LogP contribution < -0.4 is 17.0 Å². The Bertz CT molecular complexity index is 745. The molecular weight excluding hydrogens is 385 g/mol. The SMILES string of the molecule is Cl.NNc1ccc(Cl)cc1[N+](=O)[O-].Nc1ccc(Cl)cc1[N+](=O)[O-]. The van der Waals surface area contributed by atoms with Crippen LogP contribution in [0.15, 0.2) is 36.4 Å². The van der Waals surface area contributed by atoms with Crippen LogP contribution in [0.1, 0.15) is 0 Å². The molecule has 0 aliphatic rings. The highest BCUT2D eigenvalue weighted by Gasteiger charge is 2.12. The first kappa shape index (κ1) is 21.7. The smallest absolute Gasteiger partial charge is 0.295 e. The molecule has 0 fully saturated rings. The lowest BCUT2D eigenvalue weighted by Gasteiger charge is -2.00. The number of nitro groups is 2. The van der Waals surface area contributed by atoms with Gasteiger partial charge < -0.3 is 11.2 Å². The number of anilines is 2. The number of nitrogens with zero attached hydrogens (tertiary/aromatic N) is 2. The molecular formula is C12H12Cl3N5O4. The summed E-state index contributed by atoms with van der Waals surface area (Å²) >= 11 is 11.0. The normalized spacial score (nSPS) is 9.12. The number of hydrogen-bond donors (Lipinski definition) is 3. The van der Waals surface area contributed by atoms with Gasteiger partial charge in [-0.3, -0.25) is 26.1 Å². The summed E-state index contributed by atoms with van der Waals surface area (Å²) < 4.78 is 0. The van der Waals surface area contributed by atoms with Crippen LogP contribution in [0.25, 0.3) is 0 Å². The zero-order chi connectivity index (χ0) is 17.6. The van der Waals surface area contributed by atoms with Gasteiger partial charge in [0.05, 0.1) is 9.85 Å². The minimum absolute atomic E-state index is 0. The summed E-state index contributed by atoms with van der Waals surface area (Å²) in [5.41, 5.74) is 7.57. The fraction of sp³-hybridized carbons (Fsp3) is 0. The van der Waals surface area contributed by atoms with Gasteiger partial charge in [-0.2, -0.15) is 0 Å². The van der Waals surface area contributed by atoms with Crippen LogP contribution >= 0.6 is 35.6 Å². The molecule has 12 heteroatoms. The van der Waals surface area contributed by atoms with Gasteiger partial charge in [0.25, 0.3) is 11.4 Å². The van der Waals surface area contributed by atoms with Crippen molar-refractivity contribution in [2.24, 2.45) is 5.84 Å². The van der Waals surface area contributed by atoms with Crippen LogP contribution in [0, 0.1) is 20.2 Å².